The number of rotatable bonds is 5. The second kappa shape index (κ2) is 8.58. The number of fused-ring (bicyclic) bond motifs is 2. The predicted molar refractivity (Wildman–Crippen MR) is 126 cm³/mol. The maximum atomic E-state index is 13.7. The van der Waals surface area contributed by atoms with E-state index in [0.29, 0.717) is 49.6 Å². The number of aliphatic hydroxyl groups excluding tert-OH is 1. The Labute approximate surface area is 200 Å². The standard InChI is InChI=1S/C24H26FN7O3/c1-26-21-9-18(29-23-15(11-28-32(21)23)24(34)30-17-5-4-16(17)25)14-10-27-22-13(14)3-2-7-31(22)19-6-8-35-12-20(19)33/h2-3,7,9-11,16-17,19-20,26,33H,4-6,8,12H2,1H3,(H,30,34)/t16-,17-,19-,20-/m0/s1. The highest BCUT2D eigenvalue weighted by atomic mass is 19.1. The molecular weight excluding hydrogens is 453 g/mol. The third-order valence-corrected chi connectivity index (χ3v) is 7.00. The molecule has 3 aliphatic heterocycles. The van der Waals surface area contributed by atoms with Crippen molar-refractivity contribution in [3.8, 4) is 22.6 Å². The molecule has 2 fully saturated rings. The van der Waals surface area contributed by atoms with Gasteiger partial charge in [0, 0.05) is 43.2 Å². The van der Waals surface area contributed by atoms with Crippen LogP contribution in [0.25, 0.3) is 28.3 Å². The van der Waals surface area contributed by atoms with E-state index in [9.17, 15) is 14.3 Å². The molecule has 0 unspecified atom stereocenters. The van der Waals surface area contributed by atoms with Gasteiger partial charge in [-0.2, -0.15) is 9.61 Å². The minimum absolute atomic E-state index is 0.130. The monoisotopic (exact) mass is 479 g/mol. The van der Waals surface area contributed by atoms with E-state index in [1.165, 1.54) is 6.20 Å². The lowest BCUT2D eigenvalue weighted by Crippen LogP contribution is -2.48. The van der Waals surface area contributed by atoms with Crippen molar-refractivity contribution in [2.75, 3.05) is 25.6 Å². The van der Waals surface area contributed by atoms with Crippen LogP contribution in [0.15, 0.2) is 36.8 Å². The van der Waals surface area contributed by atoms with Crippen LogP contribution < -0.4 is 10.6 Å². The van der Waals surface area contributed by atoms with Crippen LogP contribution in [-0.4, -0.2) is 73.7 Å². The fraction of sp³-hybridized carbons (Fsp3) is 0.417. The number of aromatic nitrogens is 5. The lowest BCUT2D eigenvalue weighted by atomic mass is 9.90. The number of hydrogen-bond acceptors (Lipinski definition) is 7. The van der Waals surface area contributed by atoms with Crippen molar-refractivity contribution in [2.24, 2.45) is 0 Å². The van der Waals surface area contributed by atoms with Gasteiger partial charge in [-0.3, -0.25) is 4.79 Å². The first-order chi connectivity index (χ1) is 17.0. The third-order valence-electron chi connectivity index (χ3n) is 7.00. The van der Waals surface area contributed by atoms with Gasteiger partial charge in [0.25, 0.3) is 5.91 Å². The summed E-state index contributed by atoms with van der Waals surface area (Å²) in [5.41, 5.74) is 2.95. The minimum Gasteiger partial charge on any atom is -0.389 e. The number of hydrogen-bond donors (Lipinski definition) is 3. The van der Waals surface area contributed by atoms with Crippen molar-refractivity contribution in [3.05, 3.63) is 42.4 Å². The van der Waals surface area contributed by atoms with E-state index in [0.717, 1.165) is 17.0 Å². The zero-order chi connectivity index (χ0) is 24.1. The van der Waals surface area contributed by atoms with Gasteiger partial charge in [0.05, 0.1) is 36.7 Å². The van der Waals surface area contributed by atoms with E-state index in [4.69, 9.17) is 9.72 Å². The first kappa shape index (κ1) is 21.9. The van der Waals surface area contributed by atoms with Gasteiger partial charge in [0.2, 0.25) is 0 Å². The van der Waals surface area contributed by atoms with Crippen molar-refractivity contribution in [3.63, 3.8) is 0 Å². The van der Waals surface area contributed by atoms with E-state index in [2.05, 4.69) is 20.7 Å². The molecule has 5 heterocycles. The van der Waals surface area contributed by atoms with Gasteiger partial charge in [-0.25, -0.2) is 14.4 Å². The van der Waals surface area contributed by atoms with Gasteiger partial charge >= 0.3 is 0 Å². The van der Waals surface area contributed by atoms with E-state index in [1.54, 1.807) is 17.8 Å². The number of alkyl halides is 1. The molecule has 182 valence electrons. The van der Waals surface area contributed by atoms with Crippen LogP contribution >= 0.6 is 0 Å². The molecule has 0 bridgehead atoms. The maximum Gasteiger partial charge on any atom is 0.257 e. The summed E-state index contributed by atoms with van der Waals surface area (Å²) < 4.78 is 22.7. The Balaban J connectivity index is 1.40. The molecule has 0 radical (unpaired) electrons. The second-order valence-electron chi connectivity index (χ2n) is 9.07. The van der Waals surface area contributed by atoms with Crippen LogP contribution in [0.2, 0.25) is 0 Å². The highest BCUT2D eigenvalue weighted by Gasteiger charge is 2.33. The Morgan fingerprint density at radius 3 is 2.89 bits per heavy atom. The smallest absolute Gasteiger partial charge is 0.257 e. The molecule has 6 rings (SSSR count). The lowest BCUT2D eigenvalue weighted by molar-refractivity contribution is -0.0383. The molecule has 4 atom stereocenters. The summed E-state index contributed by atoms with van der Waals surface area (Å²) in [6.07, 6.45) is 5.28. The number of anilines is 1. The van der Waals surface area contributed by atoms with Crippen molar-refractivity contribution in [1.29, 1.82) is 0 Å². The van der Waals surface area contributed by atoms with Crippen molar-refractivity contribution in [1.82, 2.24) is 29.5 Å². The first-order valence-electron chi connectivity index (χ1n) is 11.8. The van der Waals surface area contributed by atoms with Gasteiger partial charge in [0.15, 0.2) is 5.65 Å². The van der Waals surface area contributed by atoms with Gasteiger partial charge < -0.3 is 25.0 Å². The Kier molecular flexibility index (Phi) is 5.37. The number of ether oxygens (including phenoxy) is 1. The molecule has 35 heavy (non-hydrogen) atoms. The van der Waals surface area contributed by atoms with Crippen LogP contribution in [0, 0.1) is 0 Å². The summed E-state index contributed by atoms with van der Waals surface area (Å²) in [5.74, 6) is 0.997. The van der Waals surface area contributed by atoms with E-state index < -0.39 is 24.2 Å². The molecule has 1 saturated heterocycles. The predicted octanol–water partition coefficient (Wildman–Crippen LogP) is 2.29. The van der Waals surface area contributed by atoms with Crippen molar-refractivity contribution >= 4 is 17.4 Å². The molecule has 1 aliphatic carbocycles. The maximum absolute atomic E-state index is 13.7. The average molecular weight is 480 g/mol. The Morgan fingerprint density at radius 1 is 1.26 bits per heavy atom. The molecule has 0 spiro atoms. The number of nitrogens with zero attached hydrogens (tertiary/aromatic N) is 5. The first-order valence-corrected chi connectivity index (χ1v) is 11.8. The molecule has 1 amide bonds. The summed E-state index contributed by atoms with van der Waals surface area (Å²) in [4.78, 5) is 22.3. The van der Waals surface area contributed by atoms with E-state index in [1.807, 2.05) is 29.0 Å². The molecule has 1 saturated carbocycles. The van der Waals surface area contributed by atoms with Crippen LogP contribution in [0.3, 0.4) is 0 Å². The number of amides is 1. The van der Waals surface area contributed by atoms with Crippen molar-refractivity contribution in [2.45, 2.75) is 43.6 Å². The molecule has 10 nitrogen and oxygen atoms in total. The second-order valence-corrected chi connectivity index (χ2v) is 9.07. The Morgan fingerprint density at radius 2 is 2.14 bits per heavy atom. The molecule has 11 heteroatoms. The van der Waals surface area contributed by atoms with E-state index in [-0.39, 0.29) is 11.6 Å². The Hall–Kier alpha value is -3.57. The van der Waals surface area contributed by atoms with Gasteiger partial charge in [-0.1, -0.05) is 0 Å². The lowest BCUT2D eigenvalue weighted by Gasteiger charge is -2.31. The topological polar surface area (TPSA) is 119 Å². The average Bonchev–Trinajstić information content (AvgIpc) is 3.50. The quantitative estimate of drug-likeness (QED) is 0.402. The van der Waals surface area contributed by atoms with Gasteiger partial charge in [-0.05, 0) is 31.4 Å². The fourth-order valence-electron chi connectivity index (χ4n) is 4.87. The fourth-order valence-corrected chi connectivity index (χ4v) is 4.87. The van der Waals surface area contributed by atoms with E-state index >= 15 is 0 Å². The summed E-state index contributed by atoms with van der Waals surface area (Å²) >= 11 is 0. The number of aliphatic hydroxyl groups is 1. The molecule has 2 aromatic rings. The van der Waals surface area contributed by atoms with Gasteiger partial charge in [0.1, 0.15) is 23.4 Å². The summed E-state index contributed by atoms with van der Waals surface area (Å²) in [6, 6.07) is 5.14. The largest absolute Gasteiger partial charge is 0.389 e. The molecule has 4 aliphatic rings. The zero-order valence-corrected chi connectivity index (χ0v) is 19.2. The molecule has 2 aromatic heterocycles. The third kappa shape index (κ3) is 3.62. The van der Waals surface area contributed by atoms with Crippen LogP contribution in [-0.2, 0) is 4.74 Å². The minimum atomic E-state index is -1.01. The van der Waals surface area contributed by atoms with Gasteiger partial charge in [-0.15, -0.1) is 0 Å². The van der Waals surface area contributed by atoms with Crippen LogP contribution in [0.4, 0.5) is 10.2 Å². The SMILES string of the molecule is CNc1cc(-c2cnc3n([C@H]4CCOC[C@@H]4O)cccc2-3)nc2c(C(=O)N[C@H]3CC[C@@H]3F)cnn12. The number of pyridine rings is 1. The van der Waals surface area contributed by atoms with Crippen molar-refractivity contribution < 1.29 is 19.0 Å². The zero-order valence-electron chi connectivity index (χ0n) is 19.2. The highest BCUT2D eigenvalue weighted by molar-refractivity contribution is 6.00. The summed E-state index contributed by atoms with van der Waals surface area (Å²) in [6.45, 7) is 0.875. The normalized spacial score (nSPS) is 24.4. The molecule has 0 aromatic carbocycles. The Bertz CT molecular complexity index is 1370. The number of carbonyl (C=O) groups is 1. The summed E-state index contributed by atoms with van der Waals surface area (Å²) in [5, 5.41) is 20.7. The van der Waals surface area contributed by atoms with Crippen LogP contribution in [0.5, 0.6) is 0 Å². The molecule has 3 N–H and O–H groups in total. The molecular formula is C24H26FN7O3. The number of nitrogens with one attached hydrogen (secondary N) is 2. The number of halogens is 1. The van der Waals surface area contributed by atoms with Crippen LogP contribution in [0.1, 0.15) is 35.7 Å². The summed E-state index contributed by atoms with van der Waals surface area (Å²) in [7, 11) is 1.77. The number of carbonyl (C=O) groups excluding carboxylic acids is 1. The highest BCUT2D eigenvalue weighted by Crippen LogP contribution is 2.37.